The molecule has 4 rings (SSSR count). The molecule has 1 aromatic heterocycles. The Hall–Kier alpha value is -3.37. The van der Waals surface area contributed by atoms with E-state index in [1.165, 1.54) is 0 Å². The third-order valence-electron chi connectivity index (χ3n) is 4.21. The molecule has 0 aliphatic heterocycles. The molecule has 4 nitrogen and oxygen atoms in total. The Morgan fingerprint density at radius 2 is 1.41 bits per heavy atom. The van der Waals surface area contributed by atoms with E-state index in [0.29, 0.717) is 0 Å². The highest BCUT2D eigenvalue weighted by atomic mass is 35.5. The van der Waals surface area contributed by atoms with Gasteiger partial charge in [0.1, 0.15) is 0 Å². The van der Waals surface area contributed by atoms with E-state index < -0.39 is 5.97 Å². The molecule has 0 saturated carbocycles. The molecular formula is C22H17ClN2O2. The van der Waals surface area contributed by atoms with Crippen LogP contribution in [0.5, 0.6) is 0 Å². The van der Waals surface area contributed by atoms with E-state index in [0.717, 1.165) is 44.8 Å². The number of aliphatic carboxylic acids is 1. The Labute approximate surface area is 162 Å². The fraction of sp³-hybridized carbons (Fsp3) is 0. The average molecular weight is 377 g/mol. The fourth-order valence-corrected chi connectivity index (χ4v) is 3.03. The lowest BCUT2D eigenvalue weighted by molar-refractivity contribution is -0.131. The topological polar surface area (TPSA) is 62.2 Å². The van der Waals surface area contributed by atoms with Crippen LogP contribution in [0, 0.1) is 0 Å². The van der Waals surface area contributed by atoms with Gasteiger partial charge in [-0.25, -0.2) is 9.78 Å². The van der Waals surface area contributed by atoms with Gasteiger partial charge in [-0.05, 0) is 29.8 Å². The molecule has 0 radical (unpaired) electrons. The summed E-state index contributed by atoms with van der Waals surface area (Å²) in [5.74, 6) is -0.973. The number of fused-ring (bicyclic) bond motifs is 2. The zero-order valence-corrected chi connectivity index (χ0v) is 15.1. The van der Waals surface area contributed by atoms with Gasteiger partial charge in [0.2, 0.25) is 0 Å². The van der Waals surface area contributed by atoms with Gasteiger partial charge in [-0.2, -0.15) is 0 Å². The Morgan fingerprint density at radius 1 is 0.852 bits per heavy atom. The van der Waals surface area contributed by atoms with Crippen molar-refractivity contribution in [2.24, 2.45) is 0 Å². The van der Waals surface area contributed by atoms with Crippen LogP contribution in [0.1, 0.15) is 5.56 Å². The minimum Gasteiger partial charge on any atom is -0.478 e. The van der Waals surface area contributed by atoms with Gasteiger partial charge in [-0.3, -0.25) is 0 Å². The maximum absolute atomic E-state index is 10.9. The average Bonchev–Trinajstić information content (AvgIpc) is 2.67. The van der Waals surface area contributed by atoms with Crippen LogP contribution in [0.4, 0.5) is 11.4 Å². The smallest absolute Gasteiger partial charge is 0.328 e. The Kier molecular flexibility index (Phi) is 5.38. The molecule has 0 unspecified atom stereocenters. The molecule has 2 N–H and O–H groups in total. The molecule has 134 valence electrons. The van der Waals surface area contributed by atoms with Crippen LogP contribution < -0.4 is 5.32 Å². The van der Waals surface area contributed by atoms with Gasteiger partial charge in [-0.15, -0.1) is 12.4 Å². The van der Waals surface area contributed by atoms with Gasteiger partial charge in [-0.1, -0.05) is 54.6 Å². The first-order valence-corrected chi connectivity index (χ1v) is 8.27. The Balaban J connectivity index is 0.00000210. The van der Waals surface area contributed by atoms with Crippen molar-refractivity contribution in [3.63, 3.8) is 0 Å². The summed E-state index contributed by atoms with van der Waals surface area (Å²) in [5, 5.41) is 14.5. The van der Waals surface area contributed by atoms with Crippen LogP contribution in [-0.2, 0) is 4.79 Å². The molecule has 0 amide bonds. The molecule has 0 bridgehead atoms. The minimum atomic E-state index is -0.973. The summed E-state index contributed by atoms with van der Waals surface area (Å²) in [5.41, 5.74) is 4.42. The van der Waals surface area contributed by atoms with Gasteiger partial charge < -0.3 is 10.4 Å². The molecule has 0 fully saturated rings. The number of anilines is 2. The summed E-state index contributed by atoms with van der Waals surface area (Å²) in [6, 6.07) is 23.6. The highest BCUT2D eigenvalue weighted by Gasteiger charge is 2.10. The van der Waals surface area contributed by atoms with Crippen LogP contribution in [-0.4, -0.2) is 16.1 Å². The molecule has 3 aromatic carbocycles. The molecule has 5 heteroatoms. The molecule has 0 aliphatic rings. The van der Waals surface area contributed by atoms with Crippen LogP contribution in [0.3, 0.4) is 0 Å². The largest absolute Gasteiger partial charge is 0.478 e. The van der Waals surface area contributed by atoms with Crippen LogP contribution >= 0.6 is 12.4 Å². The summed E-state index contributed by atoms with van der Waals surface area (Å²) in [4.78, 5) is 15.6. The van der Waals surface area contributed by atoms with E-state index in [1.54, 1.807) is 6.08 Å². The number of carboxylic acids is 1. The second kappa shape index (κ2) is 7.89. The van der Waals surface area contributed by atoms with Crippen molar-refractivity contribution in [3.8, 4) is 0 Å². The van der Waals surface area contributed by atoms with Crippen LogP contribution in [0.15, 0.2) is 78.9 Å². The predicted molar refractivity (Wildman–Crippen MR) is 113 cm³/mol. The van der Waals surface area contributed by atoms with E-state index in [1.807, 2.05) is 72.8 Å². The van der Waals surface area contributed by atoms with Crippen molar-refractivity contribution in [2.75, 3.05) is 5.32 Å². The van der Waals surface area contributed by atoms with Crippen molar-refractivity contribution in [1.29, 1.82) is 0 Å². The number of nitrogens with zero attached hydrogens (tertiary/aromatic N) is 1. The lowest BCUT2D eigenvalue weighted by Crippen LogP contribution is -1.97. The van der Waals surface area contributed by atoms with Gasteiger partial charge in [0.15, 0.2) is 0 Å². The minimum absolute atomic E-state index is 0. The fourth-order valence-electron chi connectivity index (χ4n) is 3.03. The predicted octanol–water partition coefficient (Wildman–Crippen LogP) is 5.65. The van der Waals surface area contributed by atoms with Gasteiger partial charge >= 0.3 is 5.97 Å². The number of benzene rings is 3. The number of aromatic nitrogens is 1. The molecular weight excluding hydrogens is 360 g/mol. The van der Waals surface area contributed by atoms with Gasteiger partial charge in [0, 0.05) is 22.5 Å². The maximum atomic E-state index is 10.9. The van der Waals surface area contributed by atoms with E-state index in [9.17, 15) is 4.79 Å². The zero-order valence-electron chi connectivity index (χ0n) is 14.3. The molecule has 1 heterocycles. The zero-order chi connectivity index (χ0) is 17.9. The summed E-state index contributed by atoms with van der Waals surface area (Å²) in [6.45, 7) is 0. The van der Waals surface area contributed by atoms with Crippen molar-refractivity contribution >= 4 is 57.6 Å². The molecule has 0 atom stereocenters. The maximum Gasteiger partial charge on any atom is 0.328 e. The van der Waals surface area contributed by atoms with E-state index >= 15 is 0 Å². The number of carbonyl (C=O) groups is 1. The van der Waals surface area contributed by atoms with Crippen molar-refractivity contribution < 1.29 is 9.90 Å². The van der Waals surface area contributed by atoms with Crippen LogP contribution in [0.25, 0.3) is 27.9 Å². The van der Waals surface area contributed by atoms with Gasteiger partial charge in [0.25, 0.3) is 0 Å². The number of rotatable bonds is 4. The summed E-state index contributed by atoms with van der Waals surface area (Å²) >= 11 is 0. The number of halogens is 1. The highest BCUT2D eigenvalue weighted by molar-refractivity contribution is 6.09. The van der Waals surface area contributed by atoms with Crippen molar-refractivity contribution in [2.45, 2.75) is 0 Å². The number of hydrogen-bond acceptors (Lipinski definition) is 3. The lowest BCUT2D eigenvalue weighted by Gasteiger charge is -2.15. The van der Waals surface area contributed by atoms with E-state index in [-0.39, 0.29) is 12.4 Å². The van der Waals surface area contributed by atoms with E-state index in [2.05, 4.69) is 5.32 Å². The summed E-state index contributed by atoms with van der Waals surface area (Å²) in [6.07, 6.45) is 2.74. The normalized spacial score (nSPS) is 10.8. The molecule has 27 heavy (non-hydrogen) atoms. The molecule has 0 aliphatic carbocycles. The standard InChI is InChI=1S/C22H16N2O2.ClH/c25-21(26)14-13-15-7-1-4-10-18(15)24-22-16-8-2-5-11-19(16)23-20-12-6-3-9-17(20)22;/h1-14H,(H,23,24)(H,25,26);1H/b14-13+;. The lowest BCUT2D eigenvalue weighted by atomic mass is 10.1. The number of hydrogen-bond donors (Lipinski definition) is 2. The number of para-hydroxylation sites is 3. The van der Waals surface area contributed by atoms with Crippen molar-refractivity contribution in [1.82, 2.24) is 4.98 Å². The number of carboxylic acid groups (broad SMARTS) is 1. The number of nitrogens with one attached hydrogen (secondary N) is 1. The second-order valence-electron chi connectivity index (χ2n) is 5.90. The first-order chi connectivity index (χ1) is 12.7. The third-order valence-corrected chi connectivity index (χ3v) is 4.21. The monoisotopic (exact) mass is 376 g/mol. The first-order valence-electron chi connectivity index (χ1n) is 8.27. The summed E-state index contributed by atoms with van der Waals surface area (Å²) < 4.78 is 0. The highest BCUT2D eigenvalue weighted by Crippen LogP contribution is 2.34. The van der Waals surface area contributed by atoms with E-state index in [4.69, 9.17) is 10.1 Å². The number of pyridine rings is 1. The summed E-state index contributed by atoms with van der Waals surface area (Å²) in [7, 11) is 0. The quantitative estimate of drug-likeness (QED) is 0.357. The molecule has 4 aromatic rings. The Morgan fingerprint density at radius 3 is 2.04 bits per heavy atom. The van der Waals surface area contributed by atoms with Gasteiger partial charge in [0.05, 0.1) is 16.7 Å². The molecule has 0 saturated heterocycles. The van der Waals surface area contributed by atoms with Crippen LogP contribution in [0.2, 0.25) is 0 Å². The molecule has 0 spiro atoms. The van der Waals surface area contributed by atoms with Crippen molar-refractivity contribution in [3.05, 3.63) is 84.4 Å². The Bertz CT molecular complexity index is 1100. The first kappa shape index (κ1) is 18.4. The third kappa shape index (κ3) is 3.76. The second-order valence-corrected chi connectivity index (χ2v) is 5.90. The SMILES string of the molecule is Cl.O=C(O)/C=C/c1ccccc1Nc1c2ccccc2nc2ccccc12.